The molecule has 0 saturated heterocycles. The van der Waals surface area contributed by atoms with Crippen molar-refractivity contribution in [3.63, 3.8) is 0 Å². The molecule has 0 aliphatic carbocycles. The summed E-state index contributed by atoms with van der Waals surface area (Å²) < 4.78 is 16.4. The predicted octanol–water partition coefficient (Wildman–Crippen LogP) is 5.00. The summed E-state index contributed by atoms with van der Waals surface area (Å²) in [5, 5.41) is 11.8. The molecule has 0 unspecified atom stereocenters. The van der Waals surface area contributed by atoms with E-state index in [9.17, 15) is 19.7 Å². The van der Waals surface area contributed by atoms with Crippen LogP contribution in [0.2, 0.25) is 0 Å². The summed E-state index contributed by atoms with van der Waals surface area (Å²) in [4.78, 5) is 46.7. The fourth-order valence-electron chi connectivity index (χ4n) is 3.90. The number of rotatable bonds is 11. The number of aromatic nitrogens is 2. The first-order chi connectivity index (χ1) is 19.8. The van der Waals surface area contributed by atoms with Crippen LogP contribution in [0.15, 0.2) is 48.5 Å². The number of nitro groups is 1. The Morgan fingerprint density at radius 3 is 2.02 bits per heavy atom. The van der Waals surface area contributed by atoms with E-state index in [0.29, 0.717) is 18.0 Å². The topological polar surface area (TPSA) is 163 Å². The van der Waals surface area contributed by atoms with E-state index in [-0.39, 0.29) is 37.2 Å². The first kappa shape index (κ1) is 31.6. The zero-order valence-electron chi connectivity index (χ0n) is 24.6. The second-order valence-corrected chi connectivity index (χ2v) is 10.5. The van der Waals surface area contributed by atoms with E-state index in [0.717, 1.165) is 11.1 Å². The normalized spacial score (nSPS) is 11.0. The van der Waals surface area contributed by atoms with E-state index < -0.39 is 28.3 Å². The highest BCUT2D eigenvalue weighted by Crippen LogP contribution is 2.32. The monoisotopic (exact) mass is 580 g/mol. The van der Waals surface area contributed by atoms with Crippen molar-refractivity contribution in [1.29, 1.82) is 0 Å². The maximum absolute atomic E-state index is 12.3. The van der Waals surface area contributed by atoms with Crippen molar-refractivity contribution in [3.8, 4) is 11.5 Å². The van der Waals surface area contributed by atoms with E-state index in [1.807, 2.05) is 32.9 Å². The van der Waals surface area contributed by atoms with Crippen molar-refractivity contribution in [2.75, 3.05) is 30.8 Å². The highest BCUT2D eigenvalue weighted by atomic mass is 16.6. The van der Waals surface area contributed by atoms with Crippen molar-refractivity contribution >= 4 is 29.4 Å². The average molecular weight is 581 g/mol. The number of benzene rings is 2. The van der Waals surface area contributed by atoms with Crippen LogP contribution in [0, 0.1) is 17.0 Å². The molecule has 1 amide bonds. The number of esters is 1. The third kappa shape index (κ3) is 9.04. The number of nitrogens with zero attached hydrogens (tertiary/aromatic N) is 5. The van der Waals surface area contributed by atoms with Crippen LogP contribution in [-0.4, -0.2) is 57.7 Å². The van der Waals surface area contributed by atoms with Crippen molar-refractivity contribution in [3.05, 3.63) is 75.6 Å². The highest BCUT2D eigenvalue weighted by molar-refractivity contribution is 5.78. The molecule has 13 heteroatoms. The van der Waals surface area contributed by atoms with Crippen molar-refractivity contribution in [1.82, 2.24) is 14.9 Å². The quantitative estimate of drug-likeness (QED) is 0.184. The molecule has 1 aromatic heterocycles. The lowest BCUT2D eigenvalue weighted by atomic mass is 10.2. The SMILES string of the molecule is CCOC(=O)CN(Cc1ccc(Oc2ccc(CN(C)C(=O)OC(C)(C)C)cc2)cc1)c1nc(C)nc(N)c1[N+](=O)[O-]. The Morgan fingerprint density at radius 1 is 0.976 bits per heavy atom. The second kappa shape index (κ2) is 13.6. The fourth-order valence-corrected chi connectivity index (χ4v) is 3.90. The largest absolute Gasteiger partial charge is 0.465 e. The minimum Gasteiger partial charge on any atom is -0.465 e. The van der Waals surface area contributed by atoms with Gasteiger partial charge < -0.3 is 29.7 Å². The molecule has 42 heavy (non-hydrogen) atoms. The number of nitrogens with two attached hydrogens (primary N) is 1. The standard InChI is InChI=1S/C29H36N6O7/c1-7-40-24(36)18-34(27-25(35(38)39)26(30)31-19(2)32-27)17-21-10-14-23(15-11-21)41-22-12-8-20(9-13-22)16-33(6)28(37)42-29(3,4)5/h8-15H,7,16-18H2,1-6H3,(H2,30,31,32). The molecule has 13 nitrogen and oxygen atoms in total. The fraction of sp³-hybridized carbons (Fsp3) is 0.379. The van der Waals surface area contributed by atoms with Gasteiger partial charge in [-0.3, -0.25) is 14.9 Å². The van der Waals surface area contributed by atoms with Gasteiger partial charge in [0.2, 0.25) is 11.6 Å². The van der Waals surface area contributed by atoms with Gasteiger partial charge in [-0.05, 0) is 70.0 Å². The summed E-state index contributed by atoms with van der Waals surface area (Å²) in [5.74, 6) is 0.453. The summed E-state index contributed by atoms with van der Waals surface area (Å²) >= 11 is 0. The molecule has 2 aromatic carbocycles. The number of ether oxygens (including phenoxy) is 3. The zero-order chi connectivity index (χ0) is 31.0. The second-order valence-electron chi connectivity index (χ2n) is 10.5. The van der Waals surface area contributed by atoms with Gasteiger partial charge in [-0.1, -0.05) is 24.3 Å². The molecule has 0 atom stereocenters. The van der Waals surface area contributed by atoms with Crippen molar-refractivity contribution in [2.45, 2.75) is 53.3 Å². The van der Waals surface area contributed by atoms with Gasteiger partial charge in [0.1, 0.15) is 29.5 Å². The Bertz CT molecular complexity index is 1410. The molecular weight excluding hydrogens is 544 g/mol. The summed E-state index contributed by atoms with van der Waals surface area (Å²) in [7, 11) is 1.67. The van der Waals surface area contributed by atoms with Gasteiger partial charge in [-0.15, -0.1) is 0 Å². The molecule has 0 radical (unpaired) electrons. The van der Waals surface area contributed by atoms with Gasteiger partial charge in [-0.2, -0.15) is 0 Å². The number of hydrogen-bond donors (Lipinski definition) is 1. The number of aryl methyl sites for hydroxylation is 1. The summed E-state index contributed by atoms with van der Waals surface area (Å²) in [5.41, 5.74) is 6.42. The van der Waals surface area contributed by atoms with Crippen LogP contribution >= 0.6 is 0 Å². The molecule has 2 N–H and O–H groups in total. The third-order valence-corrected chi connectivity index (χ3v) is 5.69. The van der Waals surface area contributed by atoms with E-state index in [4.69, 9.17) is 19.9 Å². The van der Waals surface area contributed by atoms with Crippen LogP contribution in [0.1, 0.15) is 44.6 Å². The average Bonchev–Trinajstić information content (AvgIpc) is 2.89. The smallest absolute Gasteiger partial charge is 0.410 e. The van der Waals surface area contributed by atoms with Gasteiger partial charge in [0.05, 0.1) is 11.5 Å². The molecule has 3 aromatic rings. The number of hydrogen-bond acceptors (Lipinski definition) is 11. The lowest BCUT2D eigenvalue weighted by Crippen LogP contribution is -2.33. The van der Waals surface area contributed by atoms with Crippen LogP contribution in [0.3, 0.4) is 0 Å². The molecular formula is C29H36N6O7. The summed E-state index contributed by atoms with van der Waals surface area (Å²) in [6, 6.07) is 14.4. The van der Waals surface area contributed by atoms with Crippen LogP contribution < -0.4 is 15.4 Å². The number of carbonyl (C=O) groups is 2. The number of carbonyl (C=O) groups excluding carboxylic acids is 2. The zero-order valence-corrected chi connectivity index (χ0v) is 24.6. The minimum atomic E-state index is -0.667. The Balaban J connectivity index is 1.72. The molecule has 0 aliphatic heterocycles. The summed E-state index contributed by atoms with van der Waals surface area (Å²) in [6.45, 7) is 9.05. The van der Waals surface area contributed by atoms with Crippen LogP contribution in [0.25, 0.3) is 0 Å². The lowest BCUT2D eigenvalue weighted by molar-refractivity contribution is -0.383. The molecule has 3 rings (SSSR count). The summed E-state index contributed by atoms with van der Waals surface area (Å²) in [6.07, 6.45) is -0.406. The van der Waals surface area contributed by atoms with E-state index in [1.54, 1.807) is 57.3 Å². The third-order valence-electron chi connectivity index (χ3n) is 5.69. The molecule has 0 saturated carbocycles. The van der Waals surface area contributed by atoms with Crippen molar-refractivity contribution in [2.24, 2.45) is 0 Å². The Labute approximate surface area is 244 Å². The van der Waals surface area contributed by atoms with Gasteiger partial charge >= 0.3 is 17.7 Å². The van der Waals surface area contributed by atoms with Gasteiger partial charge in [0.25, 0.3) is 0 Å². The number of amides is 1. The van der Waals surface area contributed by atoms with Crippen LogP contribution in [0.4, 0.5) is 22.1 Å². The first-order valence-corrected chi connectivity index (χ1v) is 13.2. The van der Waals surface area contributed by atoms with E-state index in [1.165, 1.54) is 9.80 Å². The van der Waals surface area contributed by atoms with Crippen LogP contribution in [-0.2, 0) is 27.4 Å². The molecule has 0 fully saturated rings. The molecule has 1 heterocycles. The maximum atomic E-state index is 12.3. The predicted molar refractivity (Wildman–Crippen MR) is 156 cm³/mol. The number of anilines is 2. The molecule has 0 spiro atoms. The molecule has 0 aliphatic rings. The molecule has 224 valence electrons. The van der Waals surface area contributed by atoms with Crippen molar-refractivity contribution < 1.29 is 28.7 Å². The highest BCUT2D eigenvalue weighted by Gasteiger charge is 2.28. The lowest BCUT2D eigenvalue weighted by Gasteiger charge is -2.24. The van der Waals surface area contributed by atoms with Crippen LogP contribution in [0.5, 0.6) is 11.5 Å². The van der Waals surface area contributed by atoms with E-state index >= 15 is 0 Å². The Morgan fingerprint density at radius 2 is 1.52 bits per heavy atom. The Kier molecular flexibility index (Phi) is 10.2. The van der Waals surface area contributed by atoms with Gasteiger partial charge in [0, 0.05) is 20.1 Å². The van der Waals surface area contributed by atoms with E-state index in [2.05, 4.69) is 9.97 Å². The first-order valence-electron chi connectivity index (χ1n) is 13.2. The van der Waals surface area contributed by atoms with Gasteiger partial charge in [-0.25, -0.2) is 14.8 Å². The van der Waals surface area contributed by atoms with Gasteiger partial charge in [0.15, 0.2) is 0 Å². The minimum absolute atomic E-state index is 0.0733. The number of nitrogen functional groups attached to an aromatic ring is 1. The Hall–Kier alpha value is -4.94. The molecule has 0 bridgehead atoms. The maximum Gasteiger partial charge on any atom is 0.410 e.